The summed E-state index contributed by atoms with van der Waals surface area (Å²) in [6, 6.07) is 0.581. The molecule has 0 aromatic carbocycles. The van der Waals surface area contributed by atoms with E-state index in [2.05, 4.69) is 11.8 Å². The van der Waals surface area contributed by atoms with E-state index in [1.54, 1.807) is 0 Å². The molecule has 1 aliphatic rings. The number of nitrogens with zero attached hydrogens (tertiary/aromatic N) is 1. The van der Waals surface area contributed by atoms with Gasteiger partial charge in [-0.25, -0.2) is 0 Å². The molecule has 1 saturated heterocycles. The summed E-state index contributed by atoms with van der Waals surface area (Å²) < 4.78 is 0. The Morgan fingerprint density at radius 3 is 3.09 bits per heavy atom. The molecule has 0 saturated carbocycles. The predicted molar refractivity (Wildman–Crippen MR) is 50.3 cm³/mol. The van der Waals surface area contributed by atoms with E-state index >= 15 is 0 Å². The molecule has 11 heavy (non-hydrogen) atoms. The Labute approximate surface area is 71.8 Å². The van der Waals surface area contributed by atoms with E-state index in [-0.39, 0.29) is 5.84 Å². The lowest BCUT2D eigenvalue weighted by atomic mass is 10.3. The van der Waals surface area contributed by atoms with Gasteiger partial charge in [-0.2, -0.15) is 11.8 Å². The van der Waals surface area contributed by atoms with E-state index < -0.39 is 0 Å². The summed E-state index contributed by atoms with van der Waals surface area (Å²) in [5.41, 5.74) is 5.32. The molecule has 1 fully saturated rings. The average Bonchev–Trinajstić information content (AvgIpc) is 1.93. The van der Waals surface area contributed by atoms with Crippen LogP contribution in [0.25, 0.3) is 0 Å². The van der Waals surface area contributed by atoms with Crippen molar-refractivity contribution in [3.8, 4) is 0 Å². The lowest BCUT2D eigenvalue weighted by Gasteiger charge is -2.32. The number of thioether (sulfide) groups is 1. The van der Waals surface area contributed by atoms with E-state index in [1.807, 2.05) is 11.8 Å². The van der Waals surface area contributed by atoms with E-state index in [9.17, 15) is 0 Å². The molecule has 0 spiro atoms. The number of hydrogen-bond donors (Lipinski definition) is 2. The van der Waals surface area contributed by atoms with Crippen LogP contribution in [0.3, 0.4) is 0 Å². The second kappa shape index (κ2) is 3.97. The van der Waals surface area contributed by atoms with Gasteiger partial charge < -0.3 is 5.73 Å². The number of nitrogens with two attached hydrogens (primary N) is 1. The molecule has 1 heterocycles. The largest absolute Gasteiger partial charge is 0.387 e. The van der Waals surface area contributed by atoms with Gasteiger partial charge in [-0.1, -0.05) is 0 Å². The fourth-order valence-electron chi connectivity index (χ4n) is 1.22. The molecule has 0 aromatic rings. The van der Waals surface area contributed by atoms with Crippen LogP contribution in [-0.2, 0) is 0 Å². The SMILES string of the molecule is CC1CSCCN1CC(=N)N. The van der Waals surface area contributed by atoms with Gasteiger partial charge in [0.15, 0.2) is 0 Å². The van der Waals surface area contributed by atoms with Gasteiger partial charge in [0, 0.05) is 24.1 Å². The van der Waals surface area contributed by atoms with Crippen molar-refractivity contribution in [2.24, 2.45) is 5.73 Å². The average molecular weight is 173 g/mol. The first-order valence-electron chi connectivity index (χ1n) is 3.85. The topological polar surface area (TPSA) is 53.1 Å². The number of hydrogen-bond acceptors (Lipinski definition) is 3. The maximum absolute atomic E-state index is 7.15. The molecule has 1 atom stereocenters. The zero-order valence-electron chi connectivity index (χ0n) is 6.84. The summed E-state index contributed by atoms with van der Waals surface area (Å²) in [6.45, 7) is 3.90. The molecule has 0 aliphatic carbocycles. The minimum atomic E-state index is 0.281. The second-order valence-corrected chi connectivity index (χ2v) is 4.07. The monoisotopic (exact) mass is 173 g/mol. The molecule has 4 heteroatoms. The molecule has 3 N–H and O–H groups in total. The van der Waals surface area contributed by atoms with E-state index in [0.717, 1.165) is 6.54 Å². The first-order valence-corrected chi connectivity index (χ1v) is 5.00. The molecular weight excluding hydrogens is 158 g/mol. The third-order valence-corrected chi connectivity index (χ3v) is 3.07. The van der Waals surface area contributed by atoms with Gasteiger partial charge in [0.25, 0.3) is 0 Å². The van der Waals surface area contributed by atoms with Crippen molar-refractivity contribution in [1.29, 1.82) is 5.41 Å². The highest BCUT2D eigenvalue weighted by atomic mass is 32.2. The van der Waals surface area contributed by atoms with Crippen LogP contribution in [0.1, 0.15) is 6.92 Å². The summed E-state index contributed by atoms with van der Waals surface area (Å²) in [5, 5.41) is 7.15. The molecule has 0 radical (unpaired) electrons. The molecule has 3 nitrogen and oxygen atoms in total. The standard InChI is InChI=1S/C7H15N3S/c1-6-5-11-3-2-10(6)4-7(8)9/h6H,2-5H2,1H3,(H3,8,9). The van der Waals surface area contributed by atoms with Gasteiger partial charge in [-0.3, -0.25) is 10.3 Å². The van der Waals surface area contributed by atoms with Gasteiger partial charge >= 0.3 is 0 Å². The van der Waals surface area contributed by atoms with Crippen LogP contribution in [0.4, 0.5) is 0 Å². The fourth-order valence-corrected chi connectivity index (χ4v) is 2.30. The number of amidine groups is 1. The minimum absolute atomic E-state index is 0.281. The normalized spacial score (nSPS) is 26.8. The summed E-state index contributed by atoms with van der Waals surface area (Å²) in [6.07, 6.45) is 0. The van der Waals surface area contributed by atoms with Gasteiger partial charge in [0.2, 0.25) is 0 Å². The Hall–Kier alpha value is -0.220. The second-order valence-electron chi connectivity index (χ2n) is 2.92. The highest BCUT2D eigenvalue weighted by Crippen LogP contribution is 2.14. The Balaban J connectivity index is 2.35. The highest BCUT2D eigenvalue weighted by molar-refractivity contribution is 7.99. The molecule has 64 valence electrons. The zero-order chi connectivity index (χ0) is 8.27. The van der Waals surface area contributed by atoms with Crippen LogP contribution in [0.15, 0.2) is 0 Å². The van der Waals surface area contributed by atoms with Crippen molar-refractivity contribution in [2.75, 3.05) is 24.6 Å². The predicted octanol–water partition coefficient (Wildman–Crippen LogP) is 0.360. The van der Waals surface area contributed by atoms with Crippen molar-refractivity contribution in [1.82, 2.24) is 4.90 Å². The molecule has 1 unspecified atom stereocenters. The van der Waals surface area contributed by atoms with Crippen LogP contribution in [0.2, 0.25) is 0 Å². The molecule has 0 aromatic heterocycles. The van der Waals surface area contributed by atoms with Crippen molar-refractivity contribution in [3.05, 3.63) is 0 Å². The first kappa shape index (κ1) is 8.87. The van der Waals surface area contributed by atoms with E-state index in [1.165, 1.54) is 11.5 Å². The summed E-state index contributed by atoms with van der Waals surface area (Å²) in [7, 11) is 0. The van der Waals surface area contributed by atoms with Crippen LogP contribution < -0.4 is 5.73 Å². The summed E-state index contributed by atoms with van der Waals surface area (Å²) in [5.74, 6) is 2.63. The lowest BCUT2D eigenvalue weighted by Crippen LogP contribution is -2.44. The van der Waals surface area contributed by atoms with Gasteiger partial charge in [-0.15, -0.1) is 0 Å². The number of rotatable bonds is 2. The molecule has 1 rings (SSSR count). The Bertz CT molecular complexity index is 149. The quantitative estimate of drug-likeness (QED) is 0.468. The maximum atomic E-state index is 7.15. The van der Waals surface area contributed by atoms with Gasteiger partial charge in [-0.05, 0) is 6.92 Å². The summed E-state index contributed by atoms with van der Waals surface area (Å²) in [4.78, 5) is 2.26. The number of nitrogens with one attached hydrogen (secondary N) is 1. The van der Waals surface area contributed by atoms with Crippen LogP contribution in [0.5, 0.6) is 0 Å². The Kier molecular flexibility index (Phi) is 3.20. The van der Waals surface area contributed by atoms with Crippen LogP contribution in [0, 0.1) is 5.41 Å². The van der Waals surface area contributed by atoms with Crippen LogP contribution >= 0.6 is 11.8 Å². The maximum Gasteiger partial charge on any atom is 0.105 e. The third kappa shape index (κ3) is 2.71. The first-order chi connectivity index (χ1) is 5.20. The minimum Gasteiger partial charge on any atom is -0.387 e. The highest BCUT2D eigenvalue weighted by Gasteiger charge is 2.18. The zero-order valence-corrected chi connectivity index (χ0v) is 7.66. The van der Waals surface area contributed by atoms with Gasteiger partial charge in [0.05, 0.1) is 6.54 Å². The van der Waals surface area contributed by atoms with Crippen LogP contribution in [-0.4, -0.2) is 41.4 Å². The van der Waals surface area contributed by atoms with E-state index in [4.69, 9.17) is 11.1 Å². The lowest BCUT2D eigenvalue weighted by molar-refractivity contribution is 0.265. The van der Waals surface area contributed by atoms with Gasteiger partial charge in [0.1, 0.15) is 5.84 Å². The molecular formula is C7H15N3S. The Morgan fingerprint density at radius 2 is 2.55 bits per heavy atom. The Morgan fingerprint density at radius 1 is 1.82 bits per heavy atom. The molecule has 0 amide bonds. The van der Waals surface area contributed by atoms with Crippen molar-refractivity contribution in [3.63, 3.8) is 0 Å². The molecule has 0 bridgehead atoms. The smallest absolute Gasteiger partial charge is 0.105 e. The van der Waals surface area contributed by atoms with Crippen molar-refractivity contribution in [2.45, 2.75) is 13.0 Å². The third-order valence-electron chi connectivity index (χ3n) is 1.88. The van der Waals surface area contributed by atoms with E-state index in [0.29, 0.717) is 12.6 Å². The van der Waals surface area contributed by atoms with Crippen molar-refractivity contribution >= 4 is 17.6 Å². The van der Waals surface area contributed by atoms with Crippen molar-refractivity contribution < 1.29 is 0 Å². The fraction of sp³-hybridized carbons (Fsp3) is 0.857. The summed E-state index contributed by atoms with van der Waals surface area (Å²) >= 11 is 1.98. The molecule has 1 aliphatic heterocycles.